The van der Waals surface area contributed by atoms with E-state index in [4.69, 9.17) is 4.84 Å². The lowest BCUT2D eigenvalue weighted by Gasteiger charge is -2.16. The molecule has 1 aliphatic carbocycles. The van der Waals surface area contributed by atoms with Crippen molar-refractivity contribution in [3.8, 4) is 0 Å². The molecule has 9 heteroatoms. The lowest BCUT2D eigenvalue weighted by atomic mass is 9.92. The van der Waals surface area contributed by atoms with Crippen LogP contribution in [0.4, 0.5) is 0 Å². The van der Waals surface area contributed by atoms with Gasteiger partial charge in [0, 0.05) is 13.0 Å². The van der Waals surface area contributed by atoms with E-state index in [1.165, 1.54) is 17.7 Å². The Morgan fingerprint density at radius 1 is 0.968 bits per heavy atom. The fraction of sp³-hybridized carbons (Fsp3) is 0.318. The van der Waals surface area contributed by atoms with Crippen molar-refractivity contribution >= 4 is 27.8 Å². The summed E-state index contributed by atoms with van der Waals surface area (Å²) in [4.78, 5) is 41.6. The van der Waals surface area contributed by atoms with E-state index in [1.54, 1.807) is 24.3 Å². The first kappa shape index (κ1) is 21.2. The van der Waals surface area contributed by atoms with Crippen molar-refractivity contribution in [2.24, 2.45) is 0 Å². The highest BCUT2D eigenvalue weighted by Gasteiger charge is 2.38. The van der Waals surface area contributed by atoms with Gasteiger partial charge in [0.1, 0.15) is 0 Å². The molecule has 0 spiro atoms. The van der Waals surface area contributed by atoms with Crippen LogP contribution >= 0.6 is 0 Å². The average Bonchev–Trinajstić information content (AvgIpc) is 3.01. The third-order valence-corrected chi connectivity index (χ3v) is 6.89. The number of nitrogens with zero attached hydrogens (tertiary/aromatic N) is 1. The molecule has 0 unspecified atom stereocenters. The maximum absolute atomic E-state index is 12.5. The van der Waals surface area contributed by atoms with Crippen molar-refractivity contribution < 1.29 is 27.6 Å². The third-order valence-electron chi connectivity index (χ3n) is 5.43. The Labute approximate surface area is 180 Å². The molecule has 0 radical (unpaired) electrons. The molecule has 2 amide bonds. The van der Waals surface area contributed by atoms with Crippen LogP contribution in [-0.4, -0.2) is 37.8 Å². The second-order valence-electron chi connectivity index (χ2n) is 7.55. The molecule has 162 valence electrons. The second-order valence-corrected chi connectivity index (χ2v) is 9.32. The predicted octanol–water partition coefficient (Wildman–Crippen LogP) is 2.38. The summed E-state index contributed by atoms with van der Waals surface area (Å²) in [6.45, 7) is 0.0244. The number of fused-ring (bicyclic) bond motifs is 2. The number of benzene rings is 2. The molecule has 8 nitrogen and oxygen atoms in total. The van der Waals surface area contributed by atoms with Gasteiger partial charge in [0.15, 0.2) is 0 Å². The molecular formula is C22H22N2O6S. The summed E-state index contributed by atoms with van der Waals surface area (Å²) < 4.78 is 27.5. The van der Waals surface area contributed by atoms with Gasteiger partial charge in [-0.2, -0.15) is 0 Å². The Morgan fingerprint density at radius 2 is 1.61 bits per heavy atom. The monoisotopic (exact) mass is 442 g/mol. The first-order valence-corrected chi connectivity index (χ1v) is 11.7. The molecule has 1 aliphatic heterocycles. The number of rotatable bonds is 7. The van der Waals surface area contributed by atoms with E-state index in [0.717, 1.165) is 31.2 Å². The summed E-state index contributed by atoms with van der Waals surface area (Å²) in [7, 11) is -3.69. The number of carbonyl (C=O) groups is 3. The van der Waals surface area contributed by atoms with Gasteiger partial charge in [-0.1, -0.05) is 23.3 Å². The van der Waals surface area contributed by atoms with Crippen LogP contribution in [0.1, 0.15) is 57.5 Å². The lowest BCUT2D eigenvalue weighted by molar-refractivity contribution is -0.168. The molecule has 0 saturated heterocycles. The minimum Gasteiger partial charge on any atom is -0.330 e. The molecule has 1 N–H and O–H groups in total. The predicted molar refractivity (Wildman–Crippen MR) is 111 cm³/mol. The van der Waals surface area contributed by atoms with Crippen LogP contribution < -0.4 is 4.72 Å². The minimum absolute atomic E-state index is 0.0244. The van der Waals surface area contributed by atoms with Gasteiger partial charge in [-0.25, -0.2) is 17.9 Å². The summed E-state index contributed by atoms with van der Waals surface area (Å²) in [6.07, 6.45) is 4.03. The van der Waals surface area contributed by atoms with E-state index in [2.05, 4.69) is 4.72 Å². The smallest absolute Gasteiger partial charge is 0.330 e. The Balaban J connectivity index is 1.27. The van der Waals surface area contributed by atoms with E-state index in [0.29, 0.717) is 5.06 Å². The molecule has 4 rings (SSSR count). The van der Waals surface area contributed by atoms with Crippen LogP contribution in [0, 0.1) is 0 Å². The molecular weight excluding hydrogens is 420 g/mol. The highest BCUT2D eigenvalue weighted by molar-refractivity contribution is 7.89. The Morgan fingerprint density at radius 3 is 2.29 bits per heavy atom. The van der Waals surface area contributed by atoms with E-state index in [1.807, 2.05) is 6.07 Å². The molecule has 2 aliphatic rings. The lowest BCUT2D eigenvalue weighted by Crippen LogP contribution is -2.33. The standard InChI is InChI=1S/C22H22N2O6S/c25-20(30-24-21(26)18-8-3-4-9-19(18)22(24)27)10-5-13-23-31(28,29)17-12-11-15-6-1-2-7-16(15)14-17/h3-4,8-9,11-12,14,23H,1-2,5-7,10,13H2. The quantitative estimate of drug-likeness (QED) is 0.521. The van der Waals surface area contributed by atoms with Gasteiger partial charge in [0.25, 0.3) is 11.8 Å². The maximum Gasteiger partial charge on any atom is 0.333 e. The molecule has 2 aromatic rings. The van der Waals surface area contributed by atoms with Gasteiger partial charge < -0.3 is 4.84 Å². The average molecular weight is 442 g/mol. The number of hydroxylamine groups is 2. The number of nitrogens with one attached hydrogen (secondary N) is 1. The van der Waals surface area contributed by atoms with Gasteiger partial charge in [0.2, 0.25) is 10.0 Å². The zero-order chi connectivity index (χ0) is 22.0. The number of carbonyl (C=O) groups excluding carboxylic acids is 3. The number of hydrogen-bond acceptors (Lipinski definition) is 6. The fourth-order valence-electron chi connectivity index (χ4n) is 3.80. The summed E-state index contributed by atoms with van der Waals surface area (Å²) in [6, 6.07) is 11.4. The van der Waals surface area contributed by atoms with Gasteiger partial charge in [0.05, 0.1) is 16.0 Å². The summed E-state index contributed by atoms with van der Waals surface area (Å²) in [5.74, 6) is -2.17. The van der Waals surface area contributed by atoms with Crippen LogP contribution in [0.5, 0.6) is 0 Å². The summed E-state index contributed by atoms with van der Waals surface area (Å²) in [5, 5.41) is 0.449. The number of aryl methyl sites for hydroxylation is 2. The van der Waals surface area contributed by atoms with Gasteiger partial charge in [-0.3, -0.25) is 9.59 Å². The molecule has 1 heterocycles. The SMILES string of the molecule is O=C(CCCNS(=O)(=O)c1ccc2c(c1)CCCC2)ON1C(=O)c2ccccc2C1=O. The van der Waals surface area contributed by atoms with Crippen molar-refractivity contribution in [1.29, 1.82) is 0 Å². The Hall–Kier alpha value is -3.04. The van der Waals surface area contributed by atoms with Crippen molar-refractivity contribution in [2.45, 2.75) is 43.4 Å². The number of sulfonamides is 1. The van der Waals surface area contributed by atoms with Crippen molar-refractivity contribution in [3.63, 3.8) is 0 Å². The van der Waals surface area contributed by atoms with E-state index in [-0.39, 0.29) is 35.4 Å². The zero-order valence-corrected chi connectivity index (χ0v) is 17.6. The van der Waals surface area contributed by atoms with Gasteiger partial charge in [-0.15, -0.1) is 0 Å². The maximum atomic E-state index is 12.5. The molecule has 2 aromatic carbocycles. The molecule has 0 aromatic heterocycles. The van der Waals surface area contributed by atoms with Crippen molar-refractivity contribution in [2.75, 3.05) is 6.54 Å². The largest absolute Gasteiger partial charge is 0.333 e. The van der Waals surface area contributed by atoms with Crippen molar-refractivity contribution in [3.05, 3.63) is 64.7 Å². The van der Waals surface area contributed by atoms with Crippen LogP contribution in [0.15, 0.2) is 47.4 Å². The number of amides is 2. The Bertz CT molecular complexity index is 1120. The van der Waals surface area contributed by atoms with E-state index in [9.17, 15) is 22.8 Å². The molecule has 31 heavy (non-hydrogen) atoms. The third kappa shape index (κ3) is 4.38. The first-order valence-electron chi connectivity index (χ1n) is 10.2. The minimum atomic E-state index is -3.69. The molecule has 0 atom stereocenters. The van der Waals surface area contributed by atoms with Crippen molar-refractivity contribution in [1.82, 2.24) is 9.79 Å². The van der Waals surface area contributed by atoms with Crippen LogP contribution in [-0.2, 0) is 32.5 Å². The molecule has 0 fully saturated rings. The highest BCUT2D eigenvalue weighted by Crippen LogP contribution is 2.24. The van der Waals surface area contributed by atoms with Gasteiger partial charge >= 0.3 is 5.97 Å². The van der Waals surface area contributed by atoms with E-state index < -0.39 is 27.8 Å². The number of hydrogen-bond donors (Lipinski definition) is 1. The normalized spacial score (nSPS) is 15.5. The number of imide groups is 1. The zero-order valence-electron chi connectivity index (χ0n) is 16.8. The van der Waals surface area contributed by atoms with Crippen LogP contribution in [0.3, 0.4) is 0 Å². The highest BCUT2D eigenvalue weighted by atomic mass is 32.2. The topological polar surface area (TPSA) is 110 Å². The van der Waals surface area contributed by atoms with Crippen LogP contribution in [0.25, 0.3) is 0 Å². The first-order chi connectivity index (χ1) is 14.9. The molecule has 0 saturated carbocycles. The fourth-order valence-corrected chi connectivity index (χ4v) is 4.92. The second kappa shape index (κ2) is 8.60. The summed E-state index contributed by atoms with van der Waals surface area (Å²) >= 11 is 0. The molecule has 0 bridgehead atoms. The van der Waals surface area contributed by atoms with E-state index >= 15 is 0 Å². The van der Waals surface area contributed by atoms with Gasteiger partial charge in [-0.05, 0) is 67.5 Å². The Kier molecular flexibility index (Phi) is 5.88. The summed E-state index contributed by atoms with van der Waals surface area (Å²) in [5.41, 5.74) is 2.62. The van der Waals surface area contributed by atoms with Crippen LogP contribution in [0.2, 0.25) is 0 Å².